The maximum atomic E-state index is 12.0. The van der Waals surface area contributed by atoms with Crippen molar-refractivity contribution in [2.45, 2.75) is 13.3 Å². The summed E-state index contributed by atoms with van der Waals surface area (Å²) in [5.74, 6) is -0.424. The number of carbonyl (C=O) groups excluding carboxylic acids is 2. The summed E-state index contributed by atoms with van der Waals surface area (Å²) < 4.78 is 4.57. The SMILES string of the molecule is CCCN(CC(=O)OC)C(=O)Nc1ccccc1. The van der Waals surface area contributed by atoms with Crippen LogP contribution in [0, 0.1) is 0 Å². The van der Waals surface area contributed by atoms with Crippen LogP contribution in [0.4, 0.5) is 10.5 Å². The van der Waals surface area contributed by atoms with Gasteiger partial charge in [0.15, 0.2) is 0 Å². The molecule has 0 atom stereocenters. The fourth-order valence-corrected chi connectivity index (χ4v) is 1.47. The van der Waals surface area contributed by atoms with Crippen LogP contribution >= 0.6 is 0 Å². The minimum atomic E-state index is -0.424. The van der Waals surface area contributed by atoms with Crippen molar-refractivity contribution < 1.29 is 14.3 Å². The molecule has 0 fully saturated rings. The fraction of sp³-hybridized carbons (Fsp3) is 0.385. The number of hydrogen-bond acceptors (Lipinski definition) is 3. The largest absolute Gasteiger partial charge is 0.468 e. The first kappa shape index (κ1) is 14.0. The molecule has 0 bridgehead atoms. The normalized spacial score (nSPS) is 9.67. The van der Waals surface area contributed by atoms with Crippen LogP contribution in [0.1, 0.15) is 13.3 Å². The molecular weight excluding hydrogens is 232 g/mol. The Hall–Kier alpha value is -2.04. The zero-order chi connectivity index (χ0) is 13.4. The molecule has 0 radical (unpaired) electrons. The minimum Gasteiger partial charge on any atom is -0.468 e. The summed E-state index contributed by atoms with van der Waals surface area (Å²) in [7, 11) is 1.31. The number of benzene rings is 1. The quantitative estimate of drug-likeness (QED) is 0.814. The lowest BCUT2D eigenvalue weighted by Gasteiger charge is -2.21. The molecule has 0 saturated carbocycles. The molecule has 1 rings (SSSR count). The summed E-state index contributed by atoms with van der Waals surface area (Å²) in [5, 5.41) is 2.74. The molecule has 1 aromatic rings. The molecule has 0 aromatic heterocycles. The van der Waals surface area contributed by atoms with Gasteiger partial charge in [-0.2, -0.15) is 0 Å². The van der Waals surface area contributed by atoms with E-state index in [4.69, 9.17) is 0 Å². The molecule has 0 aliphatic heterocycles. The van der Waals surface area contributed by atoms with Gasteiger partial charge in [0.1, 0.15) is 6.54 Å². The minimum absolute atomic E-state index is 0.0387. The summed E-state index contributed by atoms with van der Waals surface area (Å²) >= 11 is 0. The van der Waals surface area contributed by atoms with E-state index in [9.17, 15) is 9.59 Å². The van der Waals surface area contributed by atoms with Gasteiger partial charge in [-0.1, -0.05) is 25.1 Å². The van der Waals surface area contributed by atoms with Crippen molar-refractivity contribution >= 4 is 17.7 Å². The van der Waals surface area contributed by atoms with Crippen molar-refractivity contribution in [3.63, 3.8) is 0 Å². The van der Waals surface area contributed by atoms with Crippen LogP contribution in [0.15, 0.2) is 30.3 Å². The van der Waals surface area contributed by atoms with Crippen LogP contribution in [0.2, 0.25) is 0 Å². The van der Waals surface area contributed by atoms with Crippen LogP contribution < -0.4 is 5.32 Å². The number of nitrogens with one attached hydrogen (secondary N) is 1. The number of nitrogens with zero attached hydrogens (tertiary/aromatic N) is 1. The highest BCUT2D eigenvalue weighted by Crippen LogP contribution is 2.07. The Kier molecular flexibility index (Phi) is 5.70. The number of rotatable bonds is 5. The van der Waals surface area contributed by atoms with Gasteiger partial charge in [0.25, 0.3) is 0 Å². The zero-order valence-electron chi connectivity index (χ0n) is 10.7. The van der Waals surface area contributed by atoms with Crippen molar-refractivity contribution in [2.24, 2.45) is 0 Å². The molecule has 0 saturated heterocycles. The summed E-state index contributed by atoms with van der Waals surface area (Å²) in [6.07, 6.45) is 0.777. The van der Waals surface area contributed by atoms with Gasteiger partial charge in [0, 0.05) is 12.2 Å². The number of hydrogen-bond donors (Lipinski definition) is 1. The Morgan fingerprint density at radius 2 is 1.94 bits per heavy atom. The van der Waals surface area contributed by atoms with Gasteiger partial charge < -0.3 is 15.0 Å². The van der Waals surface area contributed by atoms with Crippen molar-refractivity contribution in [1.29, 1.82) is 0 Å². The molecule has 0 aliphatic rings. The molecule has 0 unspecified atom stereocenters. The Balaban J connectivity index is 2.62. The standard InChI is InChI=1S/C13H18N2O3/c1-3-9-15(10-12(16)18-2)13(17)14-11-7-5-4-6-8-11/h4-8H,3,9-10H2,1-2H3,(H,14,17). The second-order valence-corrected chi connectivity index (χ2v) is 3.79. The topological polar surface area (TPSA) is 58.6 Å². The summed E-state index contributed by atoms with van der Waals surface area (Å²) in [4.78, 5) is 24.6. The second kappa shape index (κ2) is 7.32. The van der Waals surface area contributed by atoms with Crippen LogP contribution in [0.3, 0.4) is 0 Å². The summed E-state index contributed by atoms with van der Waals surface area (Å²) in [6, 6.07) is 8.82. The number of esters is 1. The molecular formula is C13H18N2O3. The van der Waals surface area contributed by atoms with Crippen molar-refractivity contribution in [1.82, 2.24) is 4.90 Å². The maximum Gasteiger partial charge on any atom is 0.325 e. The highest BCUT2D eigenvalue weighted by molar-refractivity contribution is 5.91. The van der Waals surface area contributed by atoms with Crippen LogP contribution in [0.25, 0.3) is 0 Å². The van der Waals surface area contributed by atoms with Gasteiger partial charge in [-0.25, -0.2) is 4.79 Å². The van der Waals surface area contributed by atoms with E-state index in [0.717, 1.165) is 6.42 Å². The van der Waals surface area contributed by atoms with Gasteiger partial charge >= 0.3 is 12.0 Å². The number of carbonyl (C=O) groups is 2. The molecule has 0 heterocycles. The van der Waals surface area contributed by atoms with Crippen LogP contribution in [-0.2, 0) is 9.53 Å². The number of ether oxygens (including phenoxy) is 1. The van der Waals surface area contributed by atoms with Gasteiger partial charge in [0.2, 0.25) is 0 Å². The molecule has 98 valence electrons. The molecule has 18 heavy (non-hydrogen) atoms. The van der Waals surface area contributed by atoms with Crippen molar-refractivity contribution in [3.05, 3.63) is 30.3 Å². The van der Waals surface area contributed by atoms with Crippen LogP contribution in [0.5, 0.6) is 0 Å². The lowest BCUT2D eigenvalue weighted by Crippen LogP contribution is -2.39. The second-order valence-electron chi connectivity index (χ2n) is 3.79. The van der Waals surface area contributed by atoms with E-state index in [1.165, 1.54) is 12.0 Å². The average molecular weight is 250 g/mol. The summed E-state index contributed by atoms with van der Waals surface area (Å²) in [5.41, 5.74) is 0.702. The van der Waals surface area contributed by atoms with E-state index >= 15 is 0 Å². The van der Waals surface area contributed by atoms with Gasteiger partial charge in [-0.05, 0) is 18.6 Å². The molecule has 1 aromatic carbocycles. The lowest BCUT2D eigenvalue weighted by molar-refractivity contribution is -0.141. The number of methoxy groups -OCH3 is 1. The Bertz CT molecular complexity index is 392. The predicted octanol–water partition coefficient (Wildman–Crippen LogP) is 2.10. The van der Waals surface area contributed by atoms with E-state index in [-0.39, 0.29) is 12.6 Å². The third kappa shape index (κ3) is 4.45. The first-order valence-electron chi connectivity index (χ1n) is 5.85. The van der Waals surface area contributed by atoms with E-state index in [0.29, 0.717) is 12.2 Å². The predicted molar refractivity (Wildman–Crippen MR) is 69.3 cm³/mol. The monoisotopic (exact) mass is 250 g/mol. The highest BCUT2D eigenvalue weighted by Gasteiger charge is 2.16. The van der Waals surface area contributed by atoms with E-state index in [1.807, 2.05) is 25.1 Å². The third-order valence-electron chi connectivity index (χ3n) is 2.35. The van der Waals surface area contributed by atoms with E-state index in [2.05, 4.69) is 10.1 Å². The zero-order valence-corrected chi connectivity index (χ0v) is 10.7. The summed E-state index contributed by atoms with van der Waals surface area (Å²) in [6.45, 7) is 2.41. The number of amides is 2. The van der Waals surface area contributed by atoms with E-state index in [1.54, 1.807) is 12.1 Å². The van der Waals surface area contributed by atoms with Crippen LogP contribution in [-0.4, -0.2) is 37.1 Å². The third-order valence-corrected chi connectivity index (χ3v) is 2.35. The first-order chi connectivity index (χ1) is 8.67. The molecule has 0 aliphatic carbocycles. The highest BCUT2D eigenvalue weighted by atomic mass is 16.5. The Morgan fingerprint density at radius 1 is 1.28 bits per heavy atom. The van der Waals surface area contributed by atoms with E-state index < -0.39 is 5.97 Å². The molecule has 5 nitrogen and oxygen atoms in total. The van der Waals surface area contributed by atoms with Gasteiger partial charge in [-0.15, -0.1) is 0 Å². The molecule has 0 spiro atoms. The van der Waals surface area contributed by atoms with Gasteiger partial charge in [0.05, 0.1) is 7.11 Å². The Labute approximate surface area is 107 Å². The van der Waals surface area contributed by atoms with Crippen molar-refractivity contribution in [2.75, 3.05) is 25.5 Å². The maximum absolute atomic E-state index is 12.0. The Morgan fingerprint density at radius 3 is 2.50 bits per heavy atom. The number of urea groups is 1. The molecule has 2 amide bonds. The number of para-hydroxylation sites is 1. The van der Waals surface area contributed by atoms with Crippen molar-refractivity contribution in [3.8, 4) is 0 Å². The smallest absolute Gasteiger partial charge is 0.325 e. The van der Waals surface area contributed by atoms with Gasteiger partial charge in [-0.3, -0.25) is 4.79 Å². The molecule has 1 N–H and O–H groups in total. The lowest BCUT2D eigenvalue weighted by atomic mass is 10.3. The average Bonchev–Trinajstić information content (AvgIpc) is 2.39. The number of anilines is 1. The first-order valence-corrected chi connectivity index (χ1v) is 5.85. The fourth-order valence-electron chi connectivity index (χ4n) is 1.47. The molecule has 5 heteroatoms.